The SMILES string of the molecule is CCOC(=O)C1(c2ccc(-c3ccc(-n4nnc(C)c4NC(=O)OC(C)c4ccccc4)cc3)cc2)CCC1. The summed E-state index contributed by atoms with van der Waals surface area (Å²) in [5.74, 6) is 0.321. The van der Waals surface area contributed by atoms with Gasteiger partial charge in [0.2, 0.25) is 0 Å². The second-order valence-electron chi connectivity index (χ2n) is 9.80. The van der Waals surface area contributed by atoms with Crippen LogP contribution in [0.15, 0.2) is 78.9 Å². The Labute approximate surface area is 228 Å². The van der Waals surface area contributed by atoms with Gasteiger partial charge in [-0.3, -0.25) is 10.1 Å². The molecule has 200 valence electrons. The van der Waals surface area contributed by atoms with E-state index in [9.17, 15) is 9.59 Å². The van der Waals surface area contributed by atoms with Crippen molar-refractivity contribution in [1.82, 2.24) is 15.0 Å². The van der Waals surface area contributed by atoms with Crippen molar-refractivity contribution in [1.29, 1.82) is 0 Å². The Hall–Kier alpha value is -4.46. The summed E-state index contributed by atoms with van der Waals surface area (Å²) in [6, 6.07) is 25.5. The van der Waals surface area contributed by atoms with Crippen LogP contribution in [0.2, 0.25) is 0 Å². The summed E-state index contributed by atoms with van der Waals surface area (Å²) in [6.45, 7) is 5.84. The van der Waals surface area contributed by atoms with Crippen LogP contribution in [0.4, 0.5) is 10.6 Å². The maximum absolute atomic E-state index is 12.6. The number of carbonyl (C=O) groups is 2. The molecule has 0 bridgehead atoms. The van der Waals surface area contributed by atoms with Crippen LogP contribution in [-0.2, 0) is 19.7 Å². The van der Waals surface area contributed by atoms with E-state index in [2.05, 4.69) is 15.6 Å². The van der Waals surface area contributed by atoms with Crippen LogP contribution < -0.4 is 5.32 Å². The first-order valence-corrected chi connectivity index (χ1v) is 13.2. The van der Waals surface area contributed by atoms with Gasteiger partial charge in [0.25, 0.3) is 0 Å². The largest absolute Gasteiger partial charge is 0.465 e. The van der Waals surface area contributed by atoms with E-state index in [1.165, 1.54) is 0 Å². The van der Waals surface area contributed by atoms with Crippen LogP contribution >= 0.6 is 0 Å². The second kappa shape index (κ2) is 11.1. The van der Waals surface area contributed by atoms with Crippen molar-refractivity contribution in [3.63, 3.8) is 0 Å². The summed E-state index contributed by atoms with van der Waals surface area (Å²) in [6.07, 6.45) is 1.70. The van der Waals surface area contributed by atoms with Gasteiger partial charge in [-0.25, -0.2) is 4.79 Å². The maximum Gasteiger partial charge on any atom is 0.413 e. The number of ether oxygens (including phenoxy) is 2. The minimum Gasteiger partial charge on any atom is -0.465 e. The molecule has 1 aliphatic rings. The van der Waals surface area contributed by atoms with Crippen molar-refractivity contribution in [3.8, 4) is 16.8 Å². The Balaban J connectivity index is 1.29. The number of aryl methyl sites for hydroxylation is 1. The van der Waals surface area contributed by atoms with Gasteiger partial charge in [-0.15, -0.1) is 5.10 Å². The number of hydrogen-bond acceptors (Lipinski definition) is 6. The van der Waals surface area contributed by atoms with Gasteiger partial charge in [0.05, 0.1) is 17.7 Å². The van der Waals surface area contributed by atoms with Crippen molar-refractivity contribution >= 4 is 17.9 Å². The lowest BCUT2D eigenvalue weighted by atomic mass is 9.64. The molecule has 1 N–H and O–H groups in total. The number of esters is 1. The van der Waals surface area contributed by atoms with Crippen LogP contribution in [0.3, 0.4) is 0 Å². The second-order valence-corrected chi connectivity index (χ2v) is 9.80. The number of rotatable bonds is 8. The van der Waals surface area contributed by atoms with E-state index in [1.807, 2.05) is 92.7 Å². The standard InChI is InChI=1S/C31H32N4O4/c1-4-38-29(36)31(19-8-20-31)26-15-11-24(12-16-26)25-13-17-27(18-14-25)35-28(21(2)33-34-35)32-30(37)39-22(3)23-9-6-5-7-10-23/h5-7,9-18,22H,4,8,19-20H2,1-3H3,(H,32,37). The number of nitrogens with zero attached hydrogens (tertiary/aromatic N) is 3. The van der Waals surface area contributed by atoms with E-state index in [4.69, 9.17) is 9.47 Å². The number of aromatic nitrogens is 3. The Kier molecular flexibility index (Phi) is 7.45. The Morgan fingerprint density at radius 1 is 0.974 bits per heavy atom. The zero-order chi connectivity index (χ0) is 27.4. The highest BCUT2D eigenvalue weighted by Gasteiger charge is 2.46. The first kappa shape index (κ1) is 26.2. The minimum absolute atomic E-state index is 0.126. The summed E-state index contributed by atoms with van der Waals surface area (Å²) in [7, 11) is 0. The average molecular weight is 525 g/mol. The fourth-order valence-electron chi connectivity index (χ4n) is 4.95. The van der Waals surface area contributed by atoms with Gasteiger partial charge in [0.1, 0.15) is 11.8 Å². The van der Waals surface area contributed by atoms with Crippen LogP contribution in [0.25, 0.3) is 16.8 Å². The summed E-state index contributed by atoms with van der Waals surface area (Å²) in [4.78, 5) is 25.3. The number of nitrogens with one attached hydrogen (secondary N) is 1. The number of carbonyl (C=O) groups excluding carboxylic acids is 2. The Morgan fingerprint density at radius 3 is 2.21 bits per heavy atom. The first-order valence-electron chi connectivity index (χ1n) is 13.2. The molecule has 8 nitrogen and oxygen atoms in total. The van der Waals surface area contributed by atoms with E-state index in [0.29, 0.717) is 18.1 Å². The van der Waals surface area contributed by atoms with Crippen molar-refractivity contribution in [2.75, 3.05) is 11.9 Å². The monoisotopic (exact) mass is 524 g/mol. The zero-order valence-electron chi connectivity index (χ0n) is 22.4. The summed E-state index contributed by atoms with van der Waals surface area (Å²) in [5, 5.41) is 11.2. The van der Waals surface area contributed by atoms with E-state index >= 15 is 0 Å². The normalized spacial score (nSPS) is 14.6. The van der Waals surface area contributed by atoms with Gasteiger partial charge in [-0.1, -0.05) is 78.4 Å². The fraction of sp³-hybridized carbons (Fsp3) is 0.290. The highest BCUT2D eigenvalue weighted by atomic mass is 16.6. The predicted octanol–water partition coefficient (Wildman–Crippen LogP) is 6.54. The molecule has 1 heterocycles. The number of hydrogen-bond donors (Lipinski definition) is 1. The Morgan fingerprint density at radius 2 is 1.62 bits per heavy atom. The molecule has 0 radical (unpaired) electrons. The molecule has 1 saturated carbocycles. The molecule has 5 rings (SSSR count). The van der Waals surface area contributed by atoms with Gasteiger partial charge in [-0.05, 0) is 68.0 Å². The zero-order valence-corrected chi connectivity index (χ0v) is 22.4. The van der Waals surface area contributed by atoms with Gasteiger partial charge >= 0.3 is 12.1 Å². The molecular formula is C31H32N4O4. The number of anilines is 1. The minimum atomic E-state index is -0.582. The third-order valence-electron chi connectivity index (χ3n) is 7.37. The molecule has 0 aliphatic heterocycles. The molecule has 4 aromatic rings. The highest BCUT2D eigenvalue weighted by molar-refractivity contribution is 5.85. The first-order chi connectivity index (χ1) is 18.9. The molecule has 1 unspecified atom stereocenters. The van der Waals surface area contributed by atoms with E-state index < -0.39 is 17.6 Å². The lowest BCUT2D eigenvalue weighted by Gasteiger charge is -2.39. The van der Waals surface area contributed by atoms with E-state index in [1.54, 1.807) is 11.6 Å². The predicted molar refractivity (Wildman–Crippen MR) is 149 cm³/mol. The number of benzene rings is 3. The lowest BCUT2D eigenvalue weighted by molar-refractivity contribution is -0.153. The maximum atomic E-state index is 12.6. The van der Waals surface area contributed by atoms with Crippen LogP contribution in [0.1, 0.15) is 56.0 Å². The molecule has 0 spiro atoms. The molecule has 3 aromatic carbocycles. The molecule has 1 atom stereocenters. The molecule has 1 fully saturated rings. The Bertz CT molecular complexity index is 1440. The molecule has 1 aromatic heterocycles. The molecule has 0 saturated heterocycles. The quantitative estimate of drug-likeness (QED) is 0.263. The highest BCUT2D eigenvalue weighted by Crippen LogP contribution is 2.45. The lowest BCUT2D eigenvalue weighted by Crippen LogP contribution is -2.43. The molecule has 39 heavy (non-hydrogen) atoms. The summed E-state index contributed by atoms with van der Waals surface area (Å²) >= 11 is 0. The van der Waals surface area contributed by atoms with Gasteiger partial charge in [0, 0.05) is 0 Å². The van der Waals surface area contributed by atoms with Gasteiger partial charge in [-0.2, -0.15) is 4.68 Å². The smallest absolute Gasteiger partial charge is 0.413 e. The van der Waals surface area contributed by atoms with Crippen molar-refractivity contribution in [2.45, 2.75) is 51.6 Å². The van der Waals surface area contributed by atoms with Gasteiger partial charge < -0.3 is 9.47 Å². The topological polar surface area (TPSA) is 95.3 Å². The van der Waals surface area contributed by atoms with Crippen LogP contribution in [0.5, 0.6) is 0 Å². The fourth-order valence-corrected chi connectivity index (χ4v) is 4.95. The van der Waals surface area contributed by atoms with Crippen molar-refractivity contribution in [3.05, 3.63) is 95.7 Å². The van der Waals surface area contributed by atoms with Crippen LogP contribution in [-0.4, -0.2) is 33.7 Å². The van der Waals surface area contributed by atoms with Gasteiger partial charge in [0.15, 0.2) is 5.82 Å². The molecular weight excluding hydrogens is 492 g/mol. The number of amides is 1. The van der Waals surface area contributed by atoms with Crippen LogP contribution in [0, 0.1) is 6.92 Å². The molecule has 8 heteroatoms. The molecule has 1 aliphatic carbocycles. The van der Waals surface area contributed by atoms with E-state index in [-0.39, 0.29) is 5.97 Å². The summed E-state index contributed by atoms with van der Waals surface area (Å²) in [5.41, 5.74) is 4.79. The third-order valence-corrected chi connectivity index (χ3v) is 7.37. The van der Waals surface area contributed by atoms with Crippen molar-refractivity contribution < 1.29 is 19.1 Å². The van der Waals surface area contributed by atoms with E-state index in [0.717, 1.165) is 47.2 Å². The average Bonchev–Trinajstić information content (AvgIpc) is 3.28. The summed E-state index contributed by atoms with van der Waals surface area (Å²) < 4.78 is 12.5. The van der Waals surface area contributed by atoms with Crippen molar-refractivity contribution in [2.24, 2.45) is 0 Å². The molecule has 1 amide bonds. The third kappa shape index (κ3) is 5.27.